The second-order valence-electron chi connectivity index (χ2n) is 7.48. The van der Waals surface area contributed by atoms with E-state index in [1.165, 1.54) is 0 Å². The van der Waals surface area contributed by atoms with Crippen molar-refractivity contribution < 1.29 is 9.59 Å². The van der Waals surface area contributed by atoms with E-state index >= 15 is 0 Å². The molecule has 0 spiro atoms. The van der Waals surface area contributed by atoms with Gasteiger partial charge in [-0.25, -0.2) is 0 Å². The Morgan fingerprint density at radius 2 is 1.67 bits per heavy atom. The molecule has 1 amide bonds. The SMILES string of the molecule is C[C@@H](NC(=O)[C@@]12c3ccccc3C(=O)[C@@H]1C2(C)C)c1ccccc1. The van der Waals surface area contributed by atoms with Gasteiger partial charge in [0.25, 0.3) is 0 Å². The first-order chi connectivity index (χ1) is 11.4. The van der Waals surface area contributed by atoms with Gasteiger partial charge in [0.1, 0.15) is 0 Å². The Kier molecular flexibility index (Phi) is 3.02. The number of carbonyl (C=O) groups excluding carboxylic acids is 2. The highest BCUT2D eigenvalue weighted by molar-refractivity contribution is 6.16. The normalized spacial score (nSPS) is 27.1. The van der Waals surface area contributed by atoms with E-state index in [9.17, 15) is 9.59 Å². The van der Waals surface area contributed by atoms with E-state index in [2.05, 4.69) is 5.32 Å². The molecule has 0 bridgehead atoms. The number of ketones is 1. The summed E-state index contributed by atoms with van der Waals surface area (Å²) in [7, 11) is 0. The van der Waals surface area contributed by atoms with Gasteiger partial charge >= 0.3 is 0 Å². The molecular formula is C21H21NO2. The summed E-state index contributed by atoms with van der Waals surface area (Å²) in [6.45, 7) is 6.04. The van der Waals surface area contributed by atoms with Crippen LogP contribution in [0.5, 0.6) is 0 Å². The first-order valence-electron chi connectivity index (χ1n) is 8.42. The van der Waals surface area contributed by atoms with Crippen LogP contribution in [0.15, 0.2) is 54.6 Å². The Morgan fingerprint density at radius 1 is 1.04 bits per heavy atom. The molecule has 3 nitrogen and oxygen atoms in total. The molecule has 0 radical (unpaired) electrons. The second-order valence-corrected chi connectivity index (χ2v) is 7.48. The Bertz CT molecular complexity index is 840. The van der Waals surface area contributed by atoms with E-state index in [1.807, 2.05) is 75.4 Å². The summed E-state index contributed by atoms with van der Waals surface area (Å²) < 4.78 is 0. The average molecular weight is 319 g/mol. The number of hydrogen-bond acceptors (Lipinski definition) is 2. The predicted octanol–water partition coefficient (Wildman–Crippen LogP) is 3.65. The minimum atomic E-state index is -0.719. The van der Waals surface area contributed by atoms with E-state index < -0.39 is 5.41 Å². The third kappa shape index (κ3) is 1.67. The van der Waals surface area contributed by atoms with E-state index in [4.69, 9.17) is 0 Å². The molecule has 0 saturated heterocycles. The average Bonchev–Trinajstić information content (AvgIpc) is 2.97. The van der Waals surface area contributed by atoms with Crippen LogP contribution in [-0.4, -0.2) is 11.7 Å². The van der Waals surface area contributed by atoms with Gasteiger partial charge < -0.3 is 5.32 Å². The molecule has 1 N–H and O–H groups in total. The molecule has 0 unspecified atom stereocenters. The molecule has 0 aromatic heterocycles. The number of amides is 1. The van der Waals surface area contributed by atoms with Gasteiger partial charge in [0, 0.05) is 11.5 Å². The Morgan fingerprint density at radius 3 is 2.38 bits per heavy atom. The van der Waals surface area contributed by atoms with Crippen LogP contribution in [0.25, 0.3) is 0 Å². The van der Waals surface area contributed by atoms with E-state index in [0.717, 1.165) is 11.1 Å². The van der Waals surface area contributed by atoms with Gasteiger partial charge in [-0.2, -0.15) is 0 Å². The van der Waals surface area contributed by atoms with Crippen molar-refractivity contribution in [2.45, 2.75) is 32.2 Å². The number of hydrogen-bond donors (Lipinski definition) is 1. The number of rotatable bonds is 3. The van der Waals surface area contributed by atoms with Gasteiger partial charge in [-0.15, -0.1) is 0 Å². The van der Waals surface area contributed by atoms with Gasteiger partial charge in [0.15, 0.2) is 5.78 Å². The van der Waals surface area contributed by atoms with Crippen molar-refractivity contribution in [1.82, 2.24) is 5.32 Å². The van der Waals surface area contributed by atoms with Crippen LogP contribution in [0.3, 0.4) is 0 Å². The Balaban J connectivity index is 1.70. The summed E-state index contributed by atoms with van der Waals surface area (Å²) in [5.74, 6) is -0.171. The molecule has 3 heteroatoms. The van der Waals surface area contributed by atoms with Crippen LogP contribution in [0, 0.1) is 11.3 Å². The summed E-state index contributed by atoms with van der Waals surface area (Å²) in [6.07, 6.45) is 0. The molecule has 24 heavy (non-hydrogen) atoms. The summed E-state index contributed by atoms with van der Waals surface area (Å²) in [5, 5.41) is 3.15. The molecular weight excluding hydrogens is 298 g/mol. The zero-order valence-electron chi connectivity index (χ0n) is 14.2. The van der Waals surface area contributed by atoms with Crippen LogP contribution < -0.4 is 5.32 Å². The first kappa shape index (κ1) is 15.1. The van der Waals surface area contributed by atoms with Gasteiger partial charge in [0.2, 0.25) is 5.91 Å². The molecule has 2 aromatic rings. The second kappa shape index (κ2) is 4.79. The molecule has 0 heterocycles. The highest BCUT2D eigenvalue weighted by atomic mass is 16.2. The van der Waals surface area contributed by atoms with Gasteiger partial charge in [-0.3, -0.25) is 9.59 Å². The molecule has 122 valence electrons. The monoisotopic (exact) mass is 319 g/mol. The van der Waals surface area contributed by atoms with Gasteiger partial charge in [-0.1, -0.05) is 68.4 Å². The highest BCUT2D eigenvalue weighted by Crippen LogP contribution is 2.74. The fourth-order valence-electron chi connectivity index (χ4n) is 4.67. The van der Waals surface area contributed by atoms with Gasteiger partial charge in [0.05, 0.1) is 11.5 Å². The maximum Gasteiger partial charge on any atom is 0.232 e. The minimum Gasteiger partial charge on any atom is -0.349 e. The topological polar surface area (TPSA) is 46.2 Å². The Hall–Kier alpha value is -2.42. The quantitative estimate of drug-likeness (QED) is 0.938. The molecule has 2 aliphatic carbocycles. The maximum atomic E-state index is 13.3. The maximum absolute atomic E-state index is 13.3. The largest absolute Gasteiger partial charge is 0.349 e. The van der Waals surface area contributed by atoms with Crippen molar-refractivity contribution in [3.8, 4) is 0 Å². The lowest BCUT2D eigenvalue weighted by atomic mass is 9.84. The molecule has 4 rings (SSSR count). The van der Waals surface area contributed by atoms with Crippen LogP contribution in [0.2, 0.25) is 0 Å². The molecule has 0 aliphatic heterocycles. The predicted molar refractivity (Wildman–Crippen MR) is 92.7 cm³/mol. The minimum absolute atomic E-state index is 0.0350. The first-order valence-corrected chi connectivity index (χ1v) is 8.42. The number of benzene rings is 2. The van der Waals surface area contributed by atoms with Crippen molar-refractivity contribution in [3.05, 3.63) is 71.3 Å². The lowest BCUT2D eigenvalue weighted by Gasteiger charge is -2.23. The van der Waals surface area contributed by atoms with Gasteiger partial charge in [-0.05, 0) is 23.5 Å². The van der Waals surface area contributed by atoms with Crippen molar-refractivity contribution >= 4 is 11.7 Å². The third-order valence-corrected chi connectivity index (χ3v) is 5.97. The summed E-state index contributed by atoms with van der Waals surface area (Å²) in [6, 6.07) is 17.4. The standard InChI is InChI=1S/C21H21NO2/c1-13(14-9-5-4-6-10-14)22-19(24)21-16-12-8-7-11-15(16)17(23)18(21)20(21,2)3/h4-13,18H,1-3H3,(H,22,24)/t13-,18-,21-/m1/s1. The van der Waals surface area contributed by atoms with Crippen LogP contribution in [0.4, 0.5) is 0 Å². The van der Waals surface area contributed by atoms with Crippen LogP contribution in [0.1, 0.15) is 48.3 Å². The number of fused-ring (bicyclic) bond motifs is 3. The summed E-state index contributed by atoms with van der Waals surface area (Å²) in [5.41, 5.74) is 1.62. The van der Waals surface area contributed by atoms with Crippen molar-refractivity contribution in [1.29, 1.82) is 0 Å². The number of nitrogens with one attached hydrogen (secondary N) is 1. The number of carbonyl (C=O) groups is 2. The fraction of sp³-hybridized carbons (Fsp3) is 0.333. The lowest BCUT2D eigenvalue weighted by Crippen LogP contribution is -2.39. The highest BCUT2D eigenvalue weighted by Gasteiger charge is 2.82. The van der Waals surface area contributed by atoms with Crippen LogP contribution in [-0.2, 0) is 10.2 Å². The van der Waals surface area contributed by atoms with Crippen molar-refractivity contribution in [3.63, 3.8) is 0 Å². The fourth-order valence-corrected chi connectivity index (χ4v) is 4.67. The zero-order valence-corrected chi connectivity index (χ0v) is 14.2. The lowest BCUT2D eigenvalue weighted by molar-refractivity contribution is -0.125. The molecule has 1 fully saturated rings. The molecule has 2 aromatic carbocycles. The number of Topliss-reactive ketones (excluding diaryl/α,β-unsaturated/α-hetero) is 1. The third-order valence-electron chi connectivity index (χ3n) is 5.97. The summed E-state index contributed by atoms with van der Waals surface area (Å²) in [4.78, 5) is 26.0. The van der Waals surface area contributed by atoms with E-state index in [-0.39, 0.29) is 29.1 Å². The zero-order chi connectivity index (χ0) is 17.1. The Labute approximate surface area is 142 Å². The van der Waals surface area contributed by atoms with Crippen LogP contribution >= 0.6 is 0 Å². The van der Waals surface area contributed by atoms with E-state index in [1.54, 1.807) is 0 Å². The molecule has 2 aliphatic rings. The van der Waals surface area contributed by atoms with E-state index in [0.29, 0.717) is 5.56 Å². The molecule has 1 saturated carbocycles. The molecule has 3 atom stereocenters. The van der Waals surface area contributed by atoms with Crippen molar-refractivity contribution in [2.24, 2.45) is 11.3 Å². The van der Waals surface area contributed by atoms with Crippen molar-refractivity contribution in [2.75, 3.05) is 0 Å². The smallest absolute Gasteiger partial charge is 0.232 e. The summed E-state index contributed by atoms with van der Waals surface area (Å²) >= 11 is 0.